The summed E-state index contributed by atoms with van der Waals surface area (Å²) >= 11 is 0. The molecule has 3 rings (SSSR count). The van der Waals surface area contributed by atoms with E-state index >= 15 is 0 Å². The maximum absolute atomic E-state index is 12.5. The predicted molar refractivity (Wildman–Crippen MR) is 94.4 cm³/mol. The van der Waals surface area contributed by atoms with E-state index in [4.69, 9.17) is 0 Å². The Morgan fingerprint density at radius 2 is 1.83 bits per heavy atom. The molecule has 1 aliphatic carbocycles. The minimum absolute atomic E-state index is 0.395. The van der Waals surface area contributed by atoms with Crippen LogP contribution in [0.3, 0.4) is 0 Å². The fraction of sp³-hybridized carbons (Fsp3) is 0.650. The molecular formula is C20H30N2O. The molecule has 1 heterocycles. The molecule has 23 heavy (non-hydrogen) atoms. The number of nitrogens with zero attached hydrogens (tertiary/aromatic N) is 1. The molecule has 3 heteroatoms. The van der Waals surface area contributed by atoms with Crippen LogP contribution in [-0.4, -0.2) is 37.5 Å². The van der Waals surface area contributed by atoms with Crippen molar-refractivity contribution in [2.24, 2.45) is 11.8 Å². The van der Waals surface area contributed by atoms with E-state index in [0.29, 0.717) is 23.7 Å². The van der Waals surface area contributed by atoms with E-state index in [9.17, 15) is 4.79 Å². The molecule has 1 amide bonds. The van der Waals surface area contributed by atoms with Crippen LogP contribution in [0.15, 0.2) is 30.3 Å². The van der Waals surface area contributed by atoms with Gasteiger partial charge in [0.05, 0.1) is 0 Å². The third-order valence-electron chi connectivity index (χ3n) is 5.71. The second kappa shape index (κ2) is 7.96. The van der Waals surface area contributed by atoms with Crippen LogP contribution in [-0.2, 0) is 4.79 Å². The van der Waals surface area contributed by atoms with Crippen LogP contribution in [0.25, 0.3) is 0 Å². The van der Waals surface area contributed by atoms with Crippen molar-refractivity contribution in [2.45, 2.75) is 44.4 Å². The molecular weight excluding hydrogens is 284 g/mol. The van der Waals surface area contributed by atoms with Crippen molar-refractivity contribution in [3.8, 4) is 0 Å². The van der Waals surface area contributed by atoms with Crippen LogP contribution < -0.4 is 5.32 Å². The monoisotopic (exact) mass is 314 g/mol. The Bertz CT molecular complexity index is 494. The normalized spacial score (nSPS) is 28.0. The van der Waals surface area contributed by atoms with Gasteiger partial charge in [0.15, 0.2) is 0 Å². The lowest BCUT2D eigenvalue weighted by Crippen LogP contribution is -2.32. The highest BCUT2D eigenvalue weighted by atomic mass is 16.2. The Morgan fingerprint density at radius 1 is 1.09 bits per heavy atom. The van der Waals surface area contributed by atoms with E-state index in [2.05, 4.69) is 40.5 Å². The average Bonchev–Trinajstić information content (AvgIpc) is 3.06. The molecule has 3 nitrogen and oxygen atoms in total. The first-order chi connectivity index (χ1) is 11.3. The van der Waals surface area contributed by atoms with Crippen molar-refractivity contribution in [1.29, 1.82) is 0 Å². The van der Waals surface area contributed by atoms with Gasteiger partial charge >= 0.3 is 0 Å². The first-order valence-electron chi connectivity index (χ1n) is 9.23. The molecule has 0 bridgehead atoms. The zero-order chi connectivity index (χ0) is 16.1. The van der Waals surface area contributed by atoms with Crippen molar-refractivity contribution in [2.75, 3.05) is 26.7 Å². The smallest absolute Gasteiger partial charge is 0.222 e. The lowest BCUT2D eigenvalue weighted by atomic mass is 9.77. The molecule has 126 valence electrons. The summed E-state index contributed by atoms with van der Waals surface area (Å²) in [7, 11) is 2.00. The van der Waals surface area contributed by atoms with E-state index in [1.165, 1.54) is 31.2 Å². The van der Waals surface area contributed by atoms with E-state index in [1.54, 1.807) is 0 Å². The number of rotatable bonds is 5. The van der Waals surface area contributed by atoms with Gasteiger partial charge in [0.1, 0.15) is 0 Å². The molecule has 1 atom stereocenters. The van der Waals surface area contributed by atoms with E-state index in [0.717, 1.165) is 32.5 Å². The molecule has 0 aromatic heterocycles. The number of benzene rings is 1. The number of nitrogens with one attached hydrogen (secondary N) is 1. The highest BCUT2D eigenvalue weighted by molar-refractivity contribution is 5.76. The first kappa shape index (κ1) is 16.5. The quantitative estimate of drug-likeness (QED) is 0.903. The van der Waals surface area contributed by atoms with Crippen molar-refractivity contribution in [3.05, 3.63) is 35.9 Å². The second-order valence-electron chi connectivity index (χ2n) is 7.38. The minimum Gasteiger partial charge on any atom is -0.342 e. The fourth-order valence-corrected chi connectivity index (χ4v) is 4.32. The van der Waals surface area contributed by atoms with Crippen LogP contribution >= 0.6 is 0 Å². The number of hydrogen-bond acceptors (Lipinski definition) is 2. The molecule has 1 aromatic carbocycles. The van der Waals surface area contributed by atoms with Crippen LogP contribution in [0.4, 0.5) is 0 Å². The molecule has 1 saturated carbocycles. The Hall–Kier alpha value is -1.35. The summed E-state index contributed by atoms with van der Waals surface area (Å²) in [5, 5.41) is 3.23. The fourth-order valence-electron chi connectivity index (χ4n) is 4.32. The summed E-state index contributed by atoms with van der Waals surface area (Å²) in [6.07, 6.45) is 6.83. The first-order valence-corrected chi connectivity index (χ1v) is 9.23. The Labute approximate surface area is 140 Å². The standard InChI is InChI=1S/C20H30N2O/c1-21-14-17-11-12-22(15-17)20(23)13-16-7-9-19(10-8-16)18-5-3-2-4-6-18/h2-6,16-17,19,21H,7-15H2,1H3. The summed E-state index contributed by atoms with van der Waals surface area (Å²) in [5.41, 5.74) is 1.48. The van der Waals surface area contributed by atoms with Gasteiger partial charge in [-0.1, -0.05) is 30.3 Å². The Balaban J connectivity index is 1.43. The third-order valence-corrected chi connectivity index (χ3v) is 5.71. The largest absolute Gasteiger partial charge is 0.342 e. The molecule has 0 radical (unpaired) electrons. The van der Waals surface area contributed by atoms with Gasteiger partial charge in [-0.05, 0) is 69.0 Å². The maximum atomic E-state index is 12.5. The van der Waals surface area contributed by atoms with Crippen LogP contribution in [0.1, 0.15) is 50.0 Å². The maximum Gasteiger partial charge on any atom is 0.222 e. The predicted octanol–water partition coefficient (Wildman–Crippen LogP) is 3.42. The van der Waals surface area contributed by atoms with Gasteiger partial charge in [0.2, 0.25) is 5.91 Å². The summed E-state index contributed by atoms with van der Waals surface area (Å²) in [4.78, 5) is 14.6. The summed E-state index contributed by atoms with van der Waals surface area (Å²) < 4.78 is 0. The minimum atomic E-state index is 0.395. The molecule has 1 aromatic rings. The van der Waals surface area contributed by atoms with Crippen LogP contribution in [0, 0.1) is 11.8 Å². The highest BCUT2D eigenvalue weighted by Crippen LogP contribution is 2.37. The van der Waals surface area contributed by atoms with Gasteiger partial charge in [-0.15, -0.1) is 0 Å². The molecule has 1 aliphatic heterocycles. The van der Waals surface area contributed by atoms with Crippen molar-refractivity contribution < 1.29 is 4.79 Å². The SMILES string of the molecule is CNCC1CCN(C(=O)CC2CCC(c3ccccc3)CC2)C1. The highest BCUT2D eigenvalue weighted by Gasteiger charge is 2.29. The van der Waals surface area contributed by atoms with E-state index in [1.807, 2.05) is 7.05 Å². The molecule has 1 N–H and O–H groups in total. The lowest BCUT2D eigenvalue weighted by molar-refractivity contribution is -0.131. The van der Waals surface area contributed by atoms with Gasteiger partial charge < -0.3 is 10.2 Å². The van der Waals surface area contributed by atoms with Gasteiger partial charge in [-0.2, -0.15) is 0 Å². The van der Waals surface area contributed by atoms with Crippen LogP contribution in [0.2, 0.25) is 0 Å². The summed E-state index contributed by atoms with van der Waals surface area (Å²) in [6.45, 7) is 2.95. The Morgan fingerprint density at radius 3 is 2.52 bits per heavy atom. The molecule has 2 aliphatic rings. The molecule has 2 fully saturated rings. The zero-order valence-electron chi connectivity index (χ0n) is 14.3. The number of amides is 1. The van der Waals surface area contributed by atoms with Crippen molar-refractivity contribution >= 4 is 5.91 Å². The molecule has 1 unspecified atom stereocenters. The van der Waals surface area contributed by atoms with E-state index in [-0.39, 0.29) is 0 Å². The number of hydrogen-bond donors (Lipinski definition) is 1. The van der Waals surface area contributed by atoms with Gasteiger partial charge in [-0.3, -0.25) is 4.79 Å². The van der Waals surface area contributed by atoms with Gasteiger partial charge in [0, 0.05) is 19.5 Å². The van der Waals surface area contributed by atoms with Gasteiger partial charge in [-0.25, -0.2) is 0 Å². The van der Waals surface area contributed by atoms with Crippen LogP contribution in [0.5, 0.6) is 0 Å². The molecule has 0 spiro atoms. The van der Waals surface area contributed by atoms with Crippen molar-refractivity contribution in [3.63, 3.8) is 0 Å². The number of carbonyl (C=O) groups is 1. The lowest BCUT2D eigenvalue weighted by Gasteiger charge is -2.29. The van der Waals surface area contributed by atoms with E-state index < -0.39 is 0 Å². The molecule has 1 saturated heterocycles. The summed E-state index contributed by atoms with van der Waals surface area (Å²) in [5.74, 6) is 2.35. The number of carbonyl (C=O) groups excluding carboxylic acids is 1. The van der Waals surface area contributed by atoms with Crippen molar-refractivity contribution in [1.82, 2.24) is 10.2 Å². The Kier molecular flexibility index (Phi) is 5.71. The second-order valence-corrected chi connectivity index (χ2v) is 7.38. The summed E-state index contributed by atoms with van der Waals surface area (Å²) in [6, 6.07) is 10.9. The average molecular weight is 314 g/mol. The third kappa shape index (κ3) is 4.35. The number of likely N-dealkylation sites (tertiary alicyclic amines) is 1. The zero-order valence-corrected chi connectivity index (χ0v) is 14.3. The topological polar surface area (TPSA) is 32.3 Å². The van der Waals surface area contributed by atoms with Gasteiger partial charge in [0.25, 0.3) is 0 Å².